The Morgan fingerprint density at radius 2 is 1.07 bits per heavy atom. The molecule has 0 spiro atoms. The Morgan fingerprint density at radius 3 is 1.53 bits per heavy atom. The van der Waals surface area contributed by atoms with Crippen molar-refractivity contribution >= 4 is 22.7 Å². The molecule has 170 valence electrons. The highest BCUT2D eigenvalue weighted by atomic mass is 32.1. The molecule has 0 aliphatic rings. The molecule has 0 atom stereocenters. The van der Waals surface area contributed by atoms with Crippen molar-refractivity contribution in [1.29, 1.82) is 0 Å². The van der Waals surface area contributed by atoms with E-state index in [0.29, 0.717) is 0 Å². The van der Waals surface area contributed by atoms with E-state index >= 15 is 0 Å². The zero-order chi connectivity index (χ0) is 21.1. The second-order valence-corrected chi connectivity index (χ2v) is 10.9. The molecule has 0 bridgehead atoms. The van der Waals surface area contributed by atoms with E-state index in [0.717, 1.165) is 0 Å². The molecule has 2 aromatic rings. The second kappa shape index (κ2) is 18.0. The topological polar surface area (TPSA) is 0 Å². The summed E-state index contributed by atoms with van der Waals surface area (Å²) in [6.45, 7) is 2.30. The molecule has 2 heterocycles. The van der Waals surface area contributed by atoms with Crippen LogP contribution in [0.3, 0.4) is 0 Å². The number of unbranched alkanes of at least 4 members (excludes halogenated alkanes) is 17. The third-order valence-corrected chi connectivity index (χ3v) is 8.28. The third-order valence-electron chi connectivity index (χ3n) is 6.24. The van der Waals surface area contributed by atoms with Crippen LogP contribution >= 0.6 is 22.7 Å². The lowest BCUT2D eigenvalue weighted by Crippen LogP contribution is -1.85. The van der Waals surface area contributed by atoms with Crippen LogP contribution in [0.5, 0.6) is 0 Å². The van der Waals surface area contributed by atoms with Crippen molar-refractivity contribution in [2.45, 2.75) is 129 Å². The van der Waals surface area contributed by atoms with Gasteiger partial charge in [-0.3, -0.25) is 0 Å². The van der Waals surface area contributed by atoms with Crippen LogP contribution in [-0.2, 0) is 6.42 Å². The van der Waals surface area contributed by atoms with Crippen LogP contribution < -0.4 is 0 Å². The fourth-order valence-corrected chi connectivity index (χ4v) is 6.08. The van der Waals surface area contributed by atoms with Crippen molar-refractivity contribution in [2.24, 2.45) is 0 Å². The highest BCUT2D eigenvalue weighted by Crippen LogP contribution is 2.31. The van der Waals surface area contributed by atoms with Crippen molar-refractivity contribution in [3.63, 3.8) is 0 Å². The molecule has 30 heavy (non-hydrogen) atoms. The van der Waals surface area contributed by atoms with Crippen molar-refractivity contribution in [1.82, 2.24) is 0 Å². The molecule has 0 aromatic carbocycles. The summed E-state index contributed by atoms with van der Waals surface area (Å²) in [5.74, 6) is 0. The average molecular weight is 447 g/mol. The summed E-state index contributed by atoms with van der Waals surface area (Å²) in [6, 6.07) is 6.79. The molecule has 0 saturated heterocycles. The normalized spacial score (nSPS) is 11.4. The zero-order valence-electron chi connectivity index (χ0n) is 19.6. The zero-order valence-corrected chi connectivity index (χ0v) is 21.3. The quantitative estimate of drug-likeness (QED) is 0.177. The summed E-state index contributed by atoms with van der Waals surface area (Å²) in [4.78, 5) is 2.87. The lowest BCUT2D eigenvalue weighted by atomic mass is 10.0. The smallest absolute Gasteiger partial charge is 0.0445 e. The third kappa shape index (κ3) is 12.3. The van der Waals surface area contributed by atoms with Gasteiger partial charge in [-0.1, -0.05) is 122 Å². The summed E-state index contributed by atoms with van der Waals surface area (Å²) < 4.78 is 0. The van der Waals surface area contributed by atoms with Gasteiger partial charge in [0.1, 0.15) is 0 Å². The van der Waals surface area contributed by atoms with Gasteiger partial charge in [-0.25, -0.2) is 0 Å². The van der Waals surface area contributed by atoms with Crippen LogP contribution in [0.15, 0.2) is 29.0 Å². The van der Waals surface area contributed by atoms with Gasteiger partial charge < -0.3 is 0 Å². The highest BCUT2D eigenvalue weighted by Gasteiger charge is 2.03. The molecule has 0 amide bonds. The molecule has 0 aliphatic heterocycles. The number of aryl methyl sites for hydroxylation is 1. The summed E-state index contributed by atoms with van der Waals surface area (Å²) in [6.07, 6.45) is 27.4. The van der Waals surface area contributed by atoms with Gasteiger partial charge >= 0.3 is 0 Å². The van der Waals surface area contributed by atoms with Crippen molar-refractivity contribution < 1.29 is 0 Å². The van der Waals surface area contributed by atoms with E-state index in [1.54, 1.807) is 5.56 Å². The molecular formula is C28H46S2. The monoisotopic (exact) mass is 446 g/mol. The average Bonchev–Trinajstić information content (AvgIpc) is 3.45. The lowest BCUT2D eigenvalue weighted by molar-refractivity contribution is 0.525. The first-order valence-corrected chi connectivity index (χ1v) is 14.8. The summed E-state index contributed by atoms with van der Waals surface area (Å²) in [7, 11) is 0. The van der Waals surface area contributed by atoms with Gasteiger partial charge in [0.2, 0.25) is 0 Å². The fourth-order valence-electron chi connectivity index (χ4n) is 4.29. The van der Waals surface area contributed by atoms with Gasteiger partial charge in [0, 0.05) is 9.75 Å². The Balaban J connectivity index is 1.29. The van der Waals surface area contributed by atoms with Gasteiger partial charge in [0.25, 0.3) is 0 Å². The molecule has 0 radical (unpaired) electrons. The highest BCUT2D eigenvalue weighted by molar-refractivity contribution is 7.20. The molecule has 2 rings (SSSR count). The number of hydrogen-bond donors (Lipinski definition) is 0. The van der Waals surface area contributed by atoms with Crippen LogP contribution in [-0.4, -0.2) is 0 Å². The first kappa shape index (κ1) is 25.7. The van der Waals surface area contributed by atoms with Crippen LogP contribution in [0.25, 0.3) is 9.75 Å². The molecule has 0 fully saturated rings. The molecule has 0 aliphatic carbocycles. The minimum atomic E-state index is 1.26. The molecule has 0 saturated carbocycles. The molecule has 2 aromatic heterocycles. The van der Waals surface area contributed by atoms with Crippen LogP contribution in [0.4, 0.5) is 0 Å². The number of hydrogen-bond acceptors (Lipinski definition) is 2. The summed E-state index contributed by atoms with van der Waals surface area (Å²) >= 11 is 3.76. The van der Waals surface area contributed by atoms with Gasteiger partial charge in [-0.2, -0.15) is 0 Å². The van der Waals surface area contributed by atoms with Gasteiger partial charge in [-0.05, 0) is 41.3 Å². The van der Waals surface area contributed by atoms with E-state index in [9.17, 15) is 0 Å². The fraction of sp³-hybridized carbons (Fsp3) is 0.714. The minimum Gasteiger partial charge on any atom is -0.143 e. The van der Waals surface area contributed by atoms with Crippen LogP contribution in [0, 0.1) is 0 Å². The van der Waals surface area contributed by atoms with E-state index in [-0.39, 0.29) is 0 Å². The van der Waals surface area contributed by atoms with E-state index in [2.05, 4.69) is 35.9 Å². The predicted octanol–water partition coefficient (Wildman–Crippen LogP) is 11.1. The Kier molecular flexibility index (Phi) is 15.4. The summed E-state index contributed by atoms with van der Waals surface area (Å²) in [5, 5.41) is 4.54. The maximum absolute atomic E-state index is 2.41. The Bertz CT molecular complexity index is 596. The van der Waals surface area contributed by atoms with E-state index in [1.165, 1.54) is 132 Å². The number of rotatable bonds is 20. The van der Waals surface area contributed by atoms with Crippen molar-refractivity contribution in [3.8, 4) is 9.75 Å². The lowest BCUT2D eigenvalue weighted by Gasteiger charge is -2.04. The van der Waals surface area contributed by atoms with E-state index in [1.807, 2.05) is 22.7 Å². The number of thiophene rings is 2. The molecular weight excluding hydrogens is 400 g/mol. The van der Waals surface area contributed by atoms with Crippen LogP contribution in [0.2, 0.25) is 0 Å². The minimum absolute atomic E-state index is 1.26. The Morgan fingerprint density at radius 1 is 0.567 bits per heavy atom. The van der Waals surface area contributed by atoms with Crippen molar-refractivity contribution in [3.05, 3.63) is 34.5 Å². The maximum atomic E-state index is 2.41. The Hall–Kier alpha value is -0.600. The SMILES string of the molecule is CCCCCCCCCCCCCCCCCCCCc1csc(-c2cccs2)c1. The van der Waals surface area contributed by atoms with Crippen LogP contribution in [0.1, 0.15) is 128 Å². The summed E-state index contributed by atoms with van der Waals surface area (Å²) in [5.41, 5.74) is 1.54. The maximum Gasteiger partial charge on any atom is 0.0445 e. The Labute approximate surface area is 195 Å². The predicted molar refractivity (Wildman–Crippen MR) is 140 cm³/mol. The van der Waals surface area contributed by atoms with Gasteiger partial charge in [0.15, 0.2) is 0 Å². The van der Waals surface area contributed by atoms with Gasteiger partial charge in [0.05, 0.1) is 0 Å². The standard InChI is InChI=1S/C28H46S2/c1-2-3-4-5-6-7-8-9-10-11-12-13-14-15-16-17-18-19-21-26-24-28(30-25-26)27-22-20-23-29-27/h20,22-25H,2-19,21H2,1H3. The van der Waals surface area contributed by atoms with E-state index in [4.69, 9.17) is 0 Å². The molecule has 2 heteroatoms. The molecule has 0 N–H and O–H groups in total. The van der Waals surface area contributed by atoms with Gasteiger partial charge in [-0.15, -0.1) is 22.7 Å². The van der Waals surface area contributed by atoms with E-state index < -0.39 is 0 Å². The second-order valence-electron chi connectivity index (χ2n) is 9.06. The molecule has 0 unspecified atom stereocenters. The largest absolute Gasteiger partial charge is 0.143 e. The van der Waals surface area contributed by atoms with Crippen molar-refractivity contribution in [2.75, 3.05) is 0 Å². The first-order valence-electron chi connectivity index (χ1n) is 13.0. The first-order chi connectivity index (χ1) is 14.9. The molecule has 0 nitrogen and oxygen atoms in total.